The number of piperidine rings is 1. The average Bonchev–Trinajstić information content (AvgIpc) is 3.60. The monoisotopic (exact) mass is 478 g/mol. The molecular weight excluding hydrogens is 448 g/mol. The van der Waals surface area contributed by atoms with Crippen LogP contribution in [0.1, 0.15) is 76.0 Å². The average molecular weight is 479 g/mol. The Balaban J connectivity index is 1.27. The summed E-state index contributed by atoms with van der Waals surface area (Å²) in [7, 11) is -3.67. The van der Waals surface area contributed by atoms with E-state index in [0.717, 1.165) is 44.9 Å². The molecule has 3 heterocycles. The van der Waals surface area contributed by atoms with Crippen molar-refractivity contribution in [3.8, 4) is 11.4 Å². The van der Waals surface area contributed by atoms with Crippen LogP contribution in [0.3, 0.4) is 0 Å². The van der Waals surface area contributed by atoms with Crippen molar-refractivity contribution in [2.75, 3.05) is 13.1 Å². The minimum absolute atomic E-state index is 0.00471. The highest BCUT2D eigenvalue weighted by Crippen LogP contribution is 2.35. The summed E-state index contributed by atoms with van der Waals surface area (Å²) in [6.07, 6.45) is 10.3. The van der Waals surface area contributed by atoms with Crippen molar-refractivity contribution in [1.82, 2.24) is 19.8 Å². The molecule has 32 heavy (non-hydrogen) atoms. The zero-order chi connectivity index (χ0) is 22.1. The van der Waals surface area contributed by atoms with Crippen molar-refractivity contribution < 1.29 is 17.7 Å². The summed E-state index contributed by atoms with van der Waals surface area (Å²) in [5.41, 5.74) is 0.661. The molecular formula is C22H30N4O4S2. The van der Waals surface area contributed by atoms with Crippen molar-refractivity contribution in [2.45, 2.75) is 80.4 Å². The Morgan fingerprint density at radius 1 is 1.09 bits per heavy atom. The van der Waals surface area contributed by atoms with E-state index in [1.807, 2.05) is 0 Å². The molecule has 3 aliphatic rings. The number of amides is 1. The number of rotatable bonds is 6. The lowest BCUT2D eigenvalue weighted by molar-refractivity contribution is -0.126. The van der Waals surface area contributed by atoms with Crippen molar-refractivity contribution >= 4 is 27.3 Å². The van der Waals surface area contributed by atoms with E-state index in [0.29, 0.717) is 36.2 Å². The van der Waals surface area contributed by atoms with Gasteiger partial charge in [-0.3, -0.25) is 4.79 Å². The molecule has 10 heteroatoms. The zero-order valence-corrected chi connectivity index (χ0v) is 19.8. The molecule has 0 bridgehead atoms. The first-order valence-electron chi connectivity index (χ1n) is 11.7. The number of aromatic nitrogens is 2. The highest BCUT2D eigenvalue weighted by molar-refractivity contribution is 7.91. The minimum Gasteiger partial charge on any atom is -0.353 e. The Morgan fingerprint density at radius 2 is 1.84 bits per heavy atom. The summed E-state index contributed by atoms with van der Waals surface area (Å²) in [4.78, 5) is 17.2. The van der Waals surface area contributed by atoms with Gasteiger partial charge in [0, 0.05) is 36.0 Å². The van der Waals surface area contributed by atoms with Crippen LogP contribution in [0.5, 0.6) is 0 Å². The number of carbonyl (C=O) groups excluding carboxylic acids is 1. The van der Waals surface area contributed by atoms with E-state index in [4.69, 9.17) is 4.52 Å². The number of nitrogens with zero attached hydrogens (tertiary/aromatic N) is 3. The van der Waals surface area contributed by atoms with E-state index < -0.39 is 10.0 Å². The summed E-state index contributed by atoms with van der Waals surface area (Å²) in [6.45, 7) is 0.680. The molecule has 2 aromatic rings. The Kier molecular flexibility index (Phi) is 6.35. The van der Waals surface area contributed by atoms with Crippen LogP contribution in [0.15, 0.2) is 20.2 Å². The van der Waals surface area contributed by atoms with Gasteiger partial charge in [-0.25, -0.2) is 8.42 Å². The van der Waals surface area contributed by atoms with Crippen molar-refractivity contribution in [1.29, 1.82) is 0 Å². The van der Waals surface area contributed by atoms with Crippen molar-refractivity contribution in [3.05, 3.63) is 17.3 Å². The summed E-state index contributed by atoms with van der Waals surface area (Å²) < 4.78 is 33.8. The highest BCUT2D eigenvalue weighted by atomic mass is 32.2. The van der Waals surface area contributed by atoms with Crippen LogP contribution in [0.4, 0.5) is 0 Å². The molecule has 3 fully saturated rings. The van der Waals surface area contributed by atoms with Gasteiger partial charge in [0.15, 0.2) is 0 Å². The van der Waals surface area contributed by atoms with Gasteiger partial charge in [0.25, 0.3) is 10.0 Å². The van der Waals surface area contributed by atoms with E-state index in [1.165, 1.54) is 28.5 Å². The molecule has 1 aliphatic heterocycles. The maximum Gasteiger partial charge on any atom is 0.252 e. The number of hydrogen-bond acceptors (Lipinski definition) is 7. The van der Waals surface area contributed by atoms with Crippen molar-refractivity contribution in [2.24, 2.45) is 5.92 Å². The fraction of sp³-hybridized carbons (Fsp3) is 0.682. The predicted octanol–water partition coefficient (Wildman–Crippen LogP) is 3.92. The maximum atomic E-state index is 13.3. The first-order valence-corrected chi connectivity index (χ1v) is 14.1. The van der Waals surface area contributed by atoms with Crippen LogP contribution >= 0.6 is 11.3 Å². The van der Waals surface area contributed by atoms with Crippen molar-refractivity contribution in [3.63, 3.8) is 0 Å². The highest BCUT2D eigenvalue weighted by Gasteiger charge is 2.35. The van der Waals surface area contributed by atoms with E-state index in [1.54, 1.807) is 11.4 Å². The van der Waals surface area contributed by atoms with Gasteiger partial charge in [0.1, 0.15) is 4.21 Å². The van der Waals surface area contributed by atoms with Gasteiger partial charge in [-0.15, -0.1) is 11.3 Å². The lowest BCUT2D eigenvalue weighted by atomic mass is 9.98. The Bertz CT molecular complexity index is 1050. The summed E-state index contributed by atoms with van der Waals surface area (Å²) in [5, 5.41) is 8.98. The molecule has 1 saturated heterocycles. The molecule has 5 rings (SSSR count). The molecule has 8 nitrogen and oxygen atoms in total. The Labute approximate surface area is 192 Å². The van der Waals surface area contributed by atoms with E-state index in [9.17, 15) is 13.2 Å². The van der Waals surface area contributed by atoms with Crippen LogP contribution in [-0.2, 0) is 14.8 Å². The third-order valence-corrected chi connectivity index (χ3v) is 10.3. The molecule has 174 valence electrons. The summed E-state index contributed by atoms with van der Waals surface area (Å²) in [5.74, 6) is 1.12. The second-order valence-corrected chi connectivity index (χ2v) is 12.4. The van der Waals surface area contributed by atoms with Crippen LogP contribution in [0, 0.1) is 5.92 Å². The third-order valence-electron chi connectivity index (χ3n) is 7.03. The van der Waals surface area contributed by atoms with Gasteiger partial charge >= 0.3 is 0 Å². The Morgan fingerprint density at radius 3 is 2.62 bits per heavy atom. The maximum absolute atomic E-state index is 13.3. The topological polar surface area (TPSA) is 105 Å². The molecule has 0 aromatic carbocycles. The van der Waals surface area contributed by atoms with Gasteiger partial charge in [-0.05, 0) is 44.6 Å². The summed E-state index contributed by atoms with van der Waals surface area (Å²) in [6, 6.07) is 1.88. The molecule has 2 saturated carbocycles. The molecule has 2 aliphatic carbocycles. The van der Waals surface area contributed by atoms with Gasteiger partial charge in [0.05, 0.1) is 5.92 Å². The standard InChI is InChI=1S/C22H30N4O4S2/c27-21(23-18-9-3-4-10-18)16-8-5-11-26(13-16)32(28,29)19-12-17(14-31-19)20-24-22(30-25-20)15-6-1-2-7-15/h12,14-16,18H,1-11,13H2,(H,23,27). The van der Waals surface area contributed by atoms with E-state index in [-0.39, 0.29) is 28.6 Å². The lowest BCUT2D eigenvalue weighted by Gasteiger charge is -2.31. The van der Waals surface area contributed by atoms with Crippen LogP contribution in [0.2, 0.25) is 0 Å². The second kappa shape index (κ2) is 9.23. The molecule has 1 unspecified atom stereocenters. The van der Waals surface area contributed by atoms with E-state index >= 15 is 0 Å². The van der Waals surface area contributed by atoms with Gasteiger partial charge in [0.2, 0.25) is 17.6 Å². The quantitative estimate of drug-likeness (QED) is 0.675. The fourth-order valence-electron chi connectivity index (χ4n) is 5.15. The molecule has 2 aromatic heterocycles. The number of sulfonamides is 1. The number of nitrogens with one attached hydrogen (secondary N) is 1. The third kappa shape index (κ3) is 4.49. The smallest absolute Gasteiger partial charge is 0.252 e. The number of thiophene rings is 1. The SMILES string of the molecule is O=C(NC1CCCC1)C1CCCN(S(=O)(=O)c2cc(-c3noc(C4CCCC4)n3)cs2)C1. The molecule has 1 amide bonds. The summed E-state index contributed by atoms with van der Waals surface area (Å²) >= 11 is 1.17. The van der Waals surface area contributed by atoms with Gasteiger partial charge < -0.3 is 9.84 Å². The van der Waals surface area contributed by atoms with Crippen LogP contribution in [0.25, 0.3) is 11.4 Å². The minimum atomic E-state index is -3.67. The van der Waals surface area contributed by atoms with Gasteiger partial charge in [-0.2, -0.15) is 9.29 Å². The van der Waals surface area contributed by atoms with E-state index in [2.05, 4.69) is 15.5 Å². The zero-order valence-electron chi connectivity index (χ0n) is 18.2. The fourth-order valence-corrected chi connectivity index (χ4v) is 7.99. The van der Waals surface area contributed by atoms with Gasteiger partial charge in [-0.1, -0.05) is 30.8 Å². The first kappa shape index (κ1) is 22.0. The molecule has 1 N–H and O–H groups in total. The number of carbonyl (C=O) groups is 1. The van der Waals surface area contributed by atoms with Crippen LogP contribution < -0.4 is 5.32 Å². The lowest BCUT2D eigenvalue weighted by Crippen LogP contribution is -2.47. The molecule has 0 radical (unpaired) electrons. The second-order valence-electron chi connectivity index (χ2n) is 9.28. The Hall–Kier alpha value is -1.78. The molecule has 0 spiro atoms. The predicted molar refractivity (Wildman–Crippen MR) is 121 cm³/mol. The normalized spacial score (nSPS) is 23.7. The van der Waals surface area contributed by atoms with Crippen LogP contribution in [-0.4, -0.2) is 47.9 Å². The largest absolute Gasteiger partial charge is 0.353 e. The molecule has 1 atom stereocenters. The first-order chi connectivity index (χ1) is 15.5. The number of hydrogen-bond donors (Lipinski definition) is 1.